The van der Waals surface area contributed by atoms with Crippen molar-refractivity contribution in [2.24, 2.45) is 0 Å². The molecule has 4 rings (SSSR count). The van der Waals surface area contributed by atoms with E-state index in [4.69, 9.17) is 4.98 Å². The normalized spacial score (nSPS) is 10.7. The first-order chi connectivity index (χ1) is 13.2. The van der Waals surface area contributed by atoms with Gasteiger partial charge in [-0.25, -0.2) is 9.50 Å². The lowest BCUT2D eigenvalue weighted by Gasteiger charge is -2.07. The summed E-state index contributed by atoms with van der Waals surface area (Å²) >= 11 is 0. The van der Waals surface area contributed by atoms with Crippen LogP contribution in [0.2, 0.25) is 0 Å². The number of amides is 1. The van der Waals surface area contributed by atoms with Gasteiger partial charge in [0.1, 0.15) is 5.82 Å². The fraction of sp³-hybridized carbons (Fsp3) is 0.100. The molecule has 1 aromatic carbocycles. The molecule has 7 heteroatoms. The molecule has 4 aromatic rings. The summed E-state index contributed by atoms with van der Waals surface area (Å²) in [5.74, 6) is 0.651. The smallest absolute Gasteiger partial charge is 0.221 e. The predicted octanol–water partition coefficient (Wildman–Crippen LogP) is 3.36. The van der Waals surface area contributed by atoms with Crippen LogP contribution in [0.25, 0.3) is 16.8 Å². The van der Waals surface area contributed by atoms with Crippen molar-refractivity contribution < 1.29 is 4.79 Å². The molecule has 7 nitrogen and oxygen atoms in total. The van der Waals surface area contributed by atoms with Crippen molar-refractivity contribution in [2.45, 2.75) is 13.5 Å². The maximum Gasteiger partial charge on any atom is 0.221 e. The number of rotatable bonds is 5. The summed E-state index contributed by atoms with van der Waals surface area (Å²) in [4.78, 5) is 20.1. The quantitative estimate of drug-likeness (QED) is 0.571. The highest BCUT2D eigenvalue weighted by molar-refractivity contribution is 5.90. The van der Waals surface area contributed by atoms with Gasteiger partial charge in [0.05, 0.1) is 6.20 Å². The molecule has 0 unspecified atom stereocenters. The van der Waals surface area contributed by atoms with Gasteiger partial charge in [0.2, 0.25) is 5.91 Å². The van der Waals surface area contributed by atoms with E-state index in [0.29, 0.717) is 6.54 Å². The Morgan fingerprint density at radius 2 is 2.07 bits per heavy atom. The van der Waals surface area contributed by atoms with Gasteiger partial charge in [0.15, 0.2) is 5.65 Å². The highest BCUT2D eigenvalue weighted by Crippen LogP contribution is 2.26. The molecule has 0 saturated heterocycles. The number of aromatic nitrogens is 4. The summed E-state index contributed by atoms with van der Waals surface area (Å²) in [5, 5.41) is 10.5. The lowest BCUT2D eigenvalue weighted by Crippen LogP contribution is -2.05. The topological polar surface area (TPSA) is 84.2 Å². The van der Waals surface area contributed by atoms with Gasteiger partial charge in [0, 0.05) is 43.3 Å². The zero-order valence-electron chi connectivity index (χ0n) is 14.8. The van der Waals surface area contributed by atoms with Crippen LogP contribution in [0.4, 0.5) is 11.5 Å². The van der Waals surface area contributed by atoms with Gasteiger partial charge >= 0.3 is 0 Å². The Kier molecular flexibility index (Phi) is 4.49. The number of benzene rings is 1. The Morgan fingerprint density at radius 3 is 2.89 bits per heavy atom. The number of anilines is 2. The van der Waals surface area contributed by atoms with Crippen LogP contribution in [0.3, 0.4) is 0 Å². The van der Waals surface area contributed by atoms with Crippen LogP contribution in [0.5, 0.6) is 0 Å². The number of hydrogen-bond acceptors (Lipinski definition) is 5. The maximum absolute atomic E-state index is 11.3. The minimum atomic E-state index is -0.105. The second-order valence-corrected chi connectivity index (χ2v) is 6.12. The summed E-state index contributed by atoms with van der Waals surface area (Å²) in [6.07, 6.45) is 7.22. The number of hydrogen-bond donors (Lipinski definition) is 2. The first-order valence-electron chi connectivity index (χ1n) is 8.54. The molecular formula is C20H18N6O. The van der Waals surface area contributed by atoms with Crippen LogP contribution in [-0.2, 0) is 11.3 Å². The zero-order valence-corrected chi connectivity index (χ0v) is 14.8. The number of nitrogens with one attached hydrogen (secondary N) is 2. The van der Waals surface area contributed by atoms with Crippen LogP contribution >= 0.6 is 0 Å². The van der Waals surface area contributed by atoms with Gasteiger partial charge in [-0.05, 0) is 35.4 Å². The van der Waals surface area contributed by atoms with E-state index in [-0.39, 0.29) is 5.91 Å². The number of fused-ring (bicyclic) bond motifs is 1. The second-order valence-electron chi connectivity index (χ2n) is 6.12. The number of nitrogens with zero attached hydrogens (tertiary/aromatic N) is 4. The molecule has 0 aliphatic carbocycles. The van der Waals surface area contributed by atoms with Gasteiger partial charge < -0.3 is 10.6 Å². The Morgan fingerprint density at radius 1 is 1.15 bits per heavy atom. The van der Waals surface area contributed by atoms with Crippen molar-refractivity contribution in [3.05, 3.63) is 72.8 Å². The van der Waals surface area contributed by atoms with Gasteiger partial charge in [-0.15, -0.1) is 0 Å². The van der Waals surface area contributed by atoms with E-state index in [1.165, 1.54) is 6.92 Å². The van der Waals surface area contributed by atoms with Crippen LogP contribution < -0.4 is 10.6 Å². The van der Waals surface area contributed by atoms with Gasteiger partial charge in [0.25, 0.3) is 0 Å². The summed E-state index contributed by atoms with van der Waals surface area (Å²) in [5.41, 5.74) is 4.40. The molecule has 3 heterocycles. The number of carbonyl (C=O) groups excluding carboxylic acids is 1. The third kappa shape index (κ3) is 3.77. The standard InChI is InChI=1S/C20H18N6O/c1-14(27)24-17-6-2-5-16(10-17)18-13-23-26-9-7-19(25-20(18)26)22-12-15-4-3-8-21-11-15/h2-11,13H,12H2,1H3,(H,22,25)(H,24,27). The van der Waals surface area contributed by atoms with E-state index in [0.717, 1.165) is 33.8 Å². The molecule has 0 atom stereocenters. The van der Waals surface area contributed by atoms with Crippen molar-refractivity contribution >= 4 is 23.1 Å². The van der Waals surface area contributed by atoms with Crippen molar-refractivity contribution in [3.63, 3.8) is 0 Å². The maximum atomic E-state index is 11.3. The van der Waals surface area contributed by atoms with E-state index in [1.807, 2.05) is 54.9 Å². The minimum Gasteiger partial charge on any atom is -0.366 e. The number of carbonyl (C=O) groups is 1. The fourth-order valence-electron chi connectivity index (χ4n) is 2.83. The monoisotopic (exact) mass is 358 g/mol. The Balaban J connectivity index is 1.63. The molecule has 0 saturated carbocycles. The zero-order chi connectivity index (χ0) is 18.6. The van der Waals surface area contributed by atoms with Crippen molar-refractivity contribution in [2.75, 3.05) is 10.6 Å². The molecule has 27 heavy (non-hydrogen) atoms. The SMILES string of the molecule is CC(=O)Nc1cccc(-c2cnn3ccc(NCc4cccnc4)nc23)c1. The lowest BCUT2D eigenvalue weighted by molar-refractivity contribution is -0.114. The van der Waals surface area contributed by atoms with Crippen molar-refractivity contribution in [1.82, 2.24) is 19.6 Å². The third-order valence-corrected chi connectivity index (χ3v) is 4.06. The van der Waals surface area contributed by atoms with Gasteiger partial charge in [-0.1, -0.05) is 18.2 Å². The average molecular weight is 358 g/mol. The van der Waals surface area contributed by atoms with E-state index >= 15 is 0 Å². The molecular weight excluding hydrogens is 340 g/mol. The number of pyridine rings is 1. The van der Waals surface area contributed by atoms with E-state index in [9.17, 15) is 4.79 Å². The largest absolute Gasteiger partial charge is 0.366 e. The molecule has 3 aromatic heterocycles. The highest BCUT2D eigenvalue weighted by atomic mass is 16.1. The Hall–Kier alpha value is -3.74. The summed E-state index contributed by atoms with van der Waals surface area (Å²) < 4.78 is 1.73. The highest BCUT2D eigenvalue weighted by Gasteiger charge is 2.10. The van der Waals surface area contributed by atoms with Crippen molar-refractivity contribution in [3.8, 4) is 11.1 Å². The minimum absolute atomic E-state index is 0.105. The first kappa shape index (κ1) is 16.7. The first-order valence-corrected chi connectivity index (χ1v) is 8.54. The predicted molar refractivity (Wildman–Crippen MR) is 104 cm³/mol. The molecule has 0 aliphatic heterocycles. The van der Waals surface area contributed by atoms with Crippen LogP contribution in [0.1, 0.15) is 12.5 Å². The molecule has 0 bridgehead atoms. The molecule has 0 fully saturated rings. The Bertz CT molecular complexity index is 1090. The van der Waals surface area contributed by atoms with Gasteiger partial charge in [-0.3, -0.25) is 9.78 Å². The molecule has 0 radical (unpaired) electrons. The molecule has 2 N–H and O–H groups in total. The van der Waals surface area contributed by atoms with Crippen molar-refractivity contribution in [1.29, 1.82) is 0 Å². The fourth-order valence-corrected chi connectivity index (χ4v) is 2.83. The third-order valence-electron chi connectivity index (χ3n) is 4.06. The molecule has 134 valence electrons. The average Bonchev–Trinajstić information content (AvgIpc) is 3.10. The Labute approximate surface area is 156 Å². The van der Waals surface area contributed by atoms with E-state index in [1.54, 1.807) is 16.9 Å². The van der Waals surface area contributed by atoms with Gasteiger partial charge in [-0.2, -0.15) is 5.10 Å². The summed E-state index contributed by atoms with van der Waals surface area (Å²) in [6.45, 7) is 2.13. The second kappa shape index (κ2) is 7.25. The molecule has 0 spiro atoms. The van der Waals surface area contributed by atoms with Crippen LogP contribution in [-0.4, -0.2) is 25.5 Å². The lowest BCUT2D eigenvalue weighted by atomic mass is 10.1. The molecule has 0 aliphatic rings. The summed E-state index contributed by atoms with van der Waals surface area (Å²) in [7, 11) is 0. The van der Waals surface area contributed by atoms with Crippen LogP contribution in [0.15, 0.2) is 67.3 Å². The molecule has 1 amide bonds. The van der Waals surface area contributed by atoms with E-state index < -0.39 is 0 Å². The van der Waals surface area contributed by atoms with Crippen LogP contribution in [0, 0.1) is 0 Å². The van der Waals surface area contributed by atoms with E-state index in [2.05, 4.69) is 20.7 Å². The summed E-state index contributed by atoms with van der Waals surface area (Å²) in [6, 6.07) is 13.4.